The van der Waals surface area contributed by atoms with Crippen molar-refractivity contribution in [3.63, 3.8) is 0 Å². The van der Waals surface area contributed by atoms with Crippen LogP contribution in [0, 0.1) is 45.0 Å². The topological polar surface area (TPSA) is 94.8 Å². The van der Waals surface area contributed by atoms with E-state index in [1.165, 1.54) is 0 Å². The zero-order valence-electron chi connectivity index (χ0n) is 17.6. The number of carbonyl (C=O) groups excluding carboxylic acids is 1. The number of rotatable bonds is 15. The normalized spacial score (nSPS) is 8.96. The second kappa shape index (κ2) is 33.5. The third-order valence-corrected chi connectivity index (χ3v) is 2.50. The molecule has 0 aromatic carbocycles. The smallest absolute Gasteiger partial charge is 0.407 e. The van der Waals surface area contributed by atoms with Crippen molar-refractivity contribution in [1.82, 2.24) is 10.6 Å². The minimum absolute atomic E-state index is 0. The predicted molar refractivity (Wildman–Crippen MR) is 109 cm³/mol. The molecule has 0 aliphatic carbocycles. The molecule has 0 saturated carbocycles. The zero-order valence-corrected chi connectivity index (χ0v) is 21.8. The molecule has 0 atom stereocenters. The van der Waals surface area contributed by atoms with Crippen molar-refractivity contribution in [1.29, 1.82) is 0 Å². The molecule has 1 amide bonds. The van der Waals surface area contributed by atoms with Gasteiger partial charge >= 0.3 is 31.1 Å². The first-order chi connectivity index (χ1) is 12.6. The Morgan fingerprint density at radius 1 is 1.00 bits per heavy atom. The summed E-state index contributed by atoms with van der Waals surface area (Å²) in [5.41, 5.74) is 5.54. The Hall–Kier alpha value is -0.0981. The molecule has 0 rings (SSSR count). The van der Waals surface area contributed by atoms with E-state index in [9.17, 15) is 4.79 Å². The van der Waals surface area contributed by atoms with Gasteiger partial charge in [0.15, 0.2) is 0 Å². The molecule has 0 aliphatic heterocycles. The summed E-state index contributed by atoms with van der Waals surface area (Å²) in [6.45, 7) is 21.0. The quantitative estimate of drug-likeness (QED) is 0.192. The molecule has 0 aliphatic rings. The molecule has 160 valence electrons. The predicted octanol–water partition coefficient (Wildman–Crippen LogP) is 1.70. The fourth-order valence-electron chi connectivity index (χ4n) is 1.39. The number of hydrogen-bond acceptors (Lipinski definition) is 6. The number of unbranched alkanes of at least 4 members (excludes halogenated alkanes) is 1. The standard InChI is InChI=1S/C15H29N2O4.C2H6N.C2H6.U/c1-4-6-7-17-15(18)13-21-11-10-20-9-8-16-14(3)12-19-5-2;1-2-3;1-2;/h16H,2-13H2,1H3,(H,17,18);1-3H2;1-2H3;/q2*-1;;+2. The fraction of sp³-hybridized carbons (Fsp3) is 0.737. The summed E-state index contributed by atoms with van der Waals surface area (Å²) >= 11 is 0. The Balaban J connectivity index is -0.000000398. The molecular weight excluding hydrogens is 572 g/mol. The van der Waals surface area contributed by atoms with Crippen LogP contribution in [0.5, 0.6) is 0 Å². The largest absolute Gasteiger partial charge is 2.00 e. The van der Waals surface area contributed by atoms with Gasteiger partial charge in [0.2, 0.25) is 5.91 Å². The van der Waals surface area contributed by atoms with E-state index in [4.69, 9.17) is 19.9 Å². The molecule has 4 N–H and O–H groups in total. The van der Waals surface area contributed by atoms with Gasteiger partial charge in [-0.05, 0) is 6.42 Å². The van der Waals surface area contributed by atoms with E-state index < -0.39 is 0 Å². The SMILES string of the molecule is C=C(COC[CH2-])NCCOCCOCC(=O)NCCCC.CC.[CH2-]CN.[U+2]. The molecule has 27 heavy (non-hydrogen) atoms. The second-order valence-electron chi connectivity index (χ2n) is 4.74. The van der Waals surface area contributed by atoms with Crippen molar-refractivity contribution >= 4 is 5.91 Å². The summed E-state index contributed by atoms with van der Waals surface area (Å²) in [5, 5.41) is 5.86. The summed E-state index contributed by atoms with van der Waals surface area (Å²) in [4.78, 5) is 11.3. The van der Waals surface area contributed by atoms with Gasteiger partial charge in [0.1, 0.15) is 6.61 Å². The van der Waals surface area contributed by atoms with E-state index in [2.05, 4.69) is 38.0 Å². The Morgan fingerprint density at radius 3 is 2.15 bits per heavy atom. The van der Waals surface area contributed by atoms with Crippen molar-refractivity contribution in [2.75, 3.05) is 59.3 Å². The minimum atomic E-state index is -0.0770. The van der Waals surface area contributed by atoms with Crippen molar-refractivity contribution < 1.29 is 50.1 Å². The fourth-order valence-corrected chi connectivity index (χ4v) is 1.39. The molecule has 0 unspecified atom stereocenters. The van der Waals surface area contributed by atoms with E-state index in [0.717, 1.165) is 18.5 Å². The third-order valence-electron chi connectivity index (χ3n) is 2.50. The average Bonchev–Trinajstić information content (AvgIpc) is 2.64. The Labute approximate surface area is 190 Å². The van der Waals surface area contributed by atoms with Gasteiger partial charge in [-0.25, -0.2) is 0 Å². The summed E-state index contributed by atoms with van der Waals surface area (Å²) in [6, 6.07) is 0. The number of carbonyl (C=O) groups is 1. The van der Waals surface area contributed by atoms with Crippen LogP contribution in [0.2, 0.25) is 0 Å². The first-order valence-corrected chi connectivity index (χ1v) is 9.32. The molecule has 0 aromatic heterocycles. The van der Waals surface area contributed by atoms with E-state index in [1.807, 2.05) is 13.8 Å². The number of amides is 1. The monoisotopic (exact) mass is 613 g/mol. The maximum absolute atomic E-state index is 11.3. The molecule has 0 saturated heterocycles. The van der Waals surface area contributed by atoms with Crippen LogP contribution in [0.25, 0.3) is 0 Å². The summed E-state index contributed by atoms with van der Waals surface area (Å²) in [7, 11) is 0. The van der Waals surface area contributed by atoms with Gasteiger partial charge in [-0.3, -0.25) is 4.79 Å². The zero-order chi connectivity index (χ0) is 20.5. The van der Waals surface area contributed by atoms with Crippen LogP contribution in [0.4, 0.5) is 0 Å². The van der Waals surface area contributed by atoms with Crippen LogP contribution in [-0.2, 0) is 19.0 Å². The molecule has 0 radical (unpaired) electrons. The van der Waals surface area contributed by atoms with E-state index in [0.29, 0.717) is 52.7 Å². The number of ether oxygens (including phenoxy) is 3. The maximum Gasteiger partial charge on any atom is 2.00 e. The third kappa shape index (κ3) is 37.4. The Kier molecular flexibility index (Phi) is 42.7. The van der Waals surface area contributed by atoms with Crippen LogP contribution in [0.15, 0.2) is 12.3 Å². The van der Waals surface area contributed by atoms with Crippen molar-refractivity contribution in [2.24, 2.45) is 5.73 Å². The van der Waals surface area contributed by atoms with Gasteiger partial charge in [-0.1, -0.05) is 40.4 Å². The molecule has 7 nitrogen and oxygen atoms in total. The first kappa shape index (κ1) is 34.4. The molecule has 0 bridgehead atoms. The van der Waals surface area contributed by atoms with E-state index in [-0.39, 0.29) is 43.6 Å². The van der Waals surface area contributed by atoms with E-state index >= 15 is 0 Å². The average molecular weight is 614 g/mol. The molecule has 0 heterocycles. The maximum atomic E-state index is 11.3. The summed E-state index contributed by atoms with van der Waals surface area (Å²) < 4.78 is 15.7. The number of nitrogens with two attached hydrogens (primary N) is 1. The van der Waals surface area contributed by atoms with Crippen LogP contribution in [0.1, 0.15) is 33.6 Å². The number of hydrogen-bond donors (Lipinski definition) is 3. The Morgan fingerprint density at radius 2 is 1.59 bits per heavy atom. The van der Waals surface area contributed by atoms with Crippen LogP contribution in [0.3, 0.4) is 0 Å². The van der Waals surface area contributed by atoms with Gasteiger partial charge in [0.25, 0.3) is 0 Å². The minimum Gasteiger partial charge on any atom is -0.407 e. The molecule has 0 aromatic rings. The van der Waals surface area contributed by atoms with Gasteiger partial charge in [0.05, 0.1) is 26.4 Å². The van der Waals surface area contributed by atoms with Gasteiger partial charge < -0.3 is 44.4 Å². The van der Waals surface area contributed by atoms with Gasteiger partial charge in [-0.2, -0.15) is 0 Å². The van der Waals surface area contributed by atoms with Crippen molar-refractivity contribution in [2.45, 2.75) is 33.6 Å². The van der Waals surface area contributed by atoms with Crippen LogP contribution in [-0.4, -0.2) is 65.2 Å². The van der Waals surface area contributed by atoms with Gasteiger partial charge in [0, 0.05) is 18.8 Å². The van der Waals surface area contributed by atoms with Crippen LogP contribution < -0.4 is 16.4 Å². The molecular formula is C19H41N3O4U. The molecule has 0 fully saturated rings. The van der Waals surface area contributed by atoms with Crippen LogP contribution >= 0.6 is 0 Å². The summed E-state index contributed by atoms with van der Waals surface area (Å²) in [5.74, 6) is -0.0770. The number of nitrogens with one attached hydrogen (secondary N) is 2. The van der Waals surface area contributed by atoms with Crippen molar-refractivity contribution in [3.8, 4) is 0 Å². The van der Waals surface area contributed by atoms with Crippen molar-refractivity contribution in [3.05, 3.63) is 26.1 Å². The van der Waals surface area contributed by atoms with Gasteiger partial charge in [-0.15, -0.1) is 6.54 Å². The molecule has 0 spiro atoms. The first-order valence-electron chi connectivity index (χ1n) is 9.32. The summed E-state index contributed by atoms with van der Waals surface area (Å²) in [6.07, 6.45) is 2.06. The van der Waals surface area contributed by atoms with E-state index in [1.54, 1.807) is 0 Å². The molecule has 8 heteroatoms. The second-order valence-corrected chi connectivity index (χ2v) is 4.74. The Bertz CT molecular complexity index is 296.